The van der Waals surface area contributed by atoms with Gasteiger partial charge >= 0.3 is 0 Å². The van der Waals surface area contributed by atoms with E-state index in [4.69, 9.17) is 4.74 Å². The van der Waals surface area contributed by atoms with Crippen LogP contribution in [-0.2, 0) is 0 Å². The standard InChI is InChI=1S/C20H19NO/c1-21(19-12-14-20(22-2)15-13-19)18-10-8-17(9-11-18)16-6-4-3-5-7-16/h3-15H,1-2H3. The molecule has 0 N–H and O–H groups in total. The van der Waals surface area contributed by atoms with Gasteiger partial charge in [0, 0.05) is 18.4 Å². The molecule has 0 aliphatic carbocycles. The predicted octanol–water partition coefficient (Wildman–Crippen LogP) is 5.13. The van der Waals surface area contributed by atoms with Crippen LogP contribution in [0, 0.1) is 0 Å². The molecule has 3 aromatic rings. The third-order valence-corrected chi connectivity index (χ3v) is 3.82. The van der Waals surface area contributed by atoms with Crippen LogP contribution in [-0.4, -0.2) is 14.2 Å². The Kier molecular flexibility index (Phi) is 4.10. The zero-order valence-electron chi connectivity index (χ0n) is 12.9. The molecule has 0 saturated heterocycles. The number of hydrogen-bond acceptors (Lipinski definition) is 2. The van der Waals surface area contributed by atoms with Crippen LogP contribution < -0.4 is 9.64 Å². The highest BCUT2D eigenvalue weighted by Crippen LogP contribution is 2.28. The molecule has 0 bridgehead atoms. The van der Waals surface area contributed by atoms with Crippen molar-refractivity contribution in [2.75, 3.05) is 19.1 Å². The van der Waals surface area contributed by atoms with Gasteiger partial charge in [0.2, 0.25) is 0 Å². The molecule has 22 heavy (non-hydrogen) atoms. The van der Waals surface area contributed by atoms with Gasteiger partial charge in [-0.1, -0.05) is 42.5 Å². The molecule has 0 aromatic heterocycles. The molecule has 110 valence electrons. The molecule has 0 amide bonds. The van der Waals surface area contributed by atoms with Crippen molar-refractivity contribution in [3.8, 4) is 16.9 Å². The Morgan fingerprint density at radius 3 is 1.68 bits per heavy atom. The molecule has 0 unspecified atom stereocenters. The molecule has 2 heteroatoms. The molecular weight excluding hydrogens is 270 g/mol. The fraction of sp³-hybridized carbons (Fsp3) is 0.100. The maximum atomic E-state index is 5.20. The average molecular weight is 289 g/mol. The second-order valence-electron chi connectivity index (χ2n) is 5.17. The Morgan fingerprint density at radius 2 is 1.14 bits per heavy atom. The van der Waals surface area contributed by atoms with E-state index in [0.717, 1.165) is 17.1 Å². The summed E-state index contributed by atoms with van der Waals surface area (Å²) in [6, 6.07) is 27.1. The summed E-state index contributed by atoms with van der Waals surface area (Å²) in [6.07, 6.45) is 0. The van der Waals surface area contributed by atoms with Crippen LogP contribution in [0.2, 0.25) is 0 Å². The maximum Gasteiger partial charge on any atom is 0.119 e. The lowest BCUT2D eigenvalue weighted by atomic mass is 10.1. The first kappa shape index (κ1) is 14.2. The molecule has 0 heterocycles. The van der Waals surface area contributed by atoms with E-state index in [-0.39, 0.29) is 0 Å². The minimum absolute atomic E-state index is 0.872. The van der Waals surface area contributed by atoms with Crippen LogP contribution in [0.15, 0.2) is 78.9 Å². The van der Waals surface area contributed by atoms with Crippen molar-refractivity contribution in [3.63, 3.8) is 0 Å². The third-order valence-electron chi connectivity index (χ3n) is 3.82. The van der Waals surface area contributed by atoms with Crippen molar-refractivity contribution >= 4 is 11.4 Å². The molecule has 0 saturated carbocycles. The smallest absolute Gasteiger partial charge is 0.119 e. The number of hydrogen-bond donors (Lipinski definition) is 0. The Balaban J connectivity index is 1.82. The van der Waals surface area contributed by atoms with Gasteiger partial charge in [0.15, 0.2) is 0 Å². The zero-order chi connectivity index (χ0) is 15.4. The molecule has 0 radical (unpaired) electrons. The summed E-state index contributed by atoms with van der Waals surface area (Å²) in [5, 5.41) is 0. The summed E-state index contributed by atoms with van der Waals surface area (Å²) in [7, 11) is 3.75. The fourth-order valence-corrected chi connectivity index (χ4v) is 2.46. The summed E-state index contributed by atoms with van der Waals surface area (Å²) in [5.41, 5.74) is 4.76. The van der Waals surface area contributed by atoms with Gasteiger partial charge in [0.1, 0.15) is 5.75 Å². The largest absolute Gasteiger partial charge is 0.497 e. The number of ether oxygens (including phenoxy) is 1. The first-order chi connectivity index (χ1) is 10.8. The monoisotopic (exact) mass is 289 g/mol. The first-order valence-corrected chi connectivity index (χ1v) is 7.31. The van der Waals surface area contributed by atoms with Crippen molar-refractivity contribution in [2.45, 2.75) is 0 Å². The van der Waals surface area contributed by atoms with Gasteiger partial charge in [-0.2, -0.15) is 0 Å². The van der Waals surface area contributed by atoms with Gasteiger partial charge in [-0.25, -0.2) is 0 Å². The van der Waals surface area contributed by atoms with Crippen LogP contribution in [0.5, 0.6) is 5.75 Å². The Morgan fingerprint density at radius 1 is 0.636 bits per heavy atom. The van der Waals surface area contributed by atoms with Crippen LogP contribution in [0.25, 0.3) is 11.1 Å². The van der Waals surface area contributed by atoms with Crippen LogP contribution in [0.4, 0.5) is 11.4 Å². The van der Waals surface area contributed by atoms with Crippen molar-refractivity contribution in [1.82, 2.24) is 0 Å². The SMILES string of the molecule is COc1ccc(N(C)c2ccc(-c3ccccc3)cc2)cc1. The Labute approximate surface area is 131 Å². The highest BCUT2D eigenvalue weighted by atomic mass is 16.5. The fourth-order valence-electron chi connectivity index (χ4n) is 2.46. The van der Waals surface area contributed by atoms with Crippen molar-refractivity contribution in [1.29, 1.82) is 0 Å². The third kappa shape index (κ3) is 2.96. The lowest BCUT2D eigenvalue weighted by Crippen LogP contribution is -2.08. The number of rotatable bonds is 4. The normalized spacial score (nSPS) is 10.3. The van der Waals surface area contributed by atoms with Crippen LogP contribution in [0.3, 0.4) is 0 Å². The van der Waals surface area contributed by atoms with Gasteiger partial charge < -0.3 is 9.64 Å². The topological polar surface area (TPSA) is 12.5 Å². The van der Waals surface area contributed by atoms with E-state index in [9.17, 15) is 0 Å². The molecule has 3 rings (SSSR count). The number of benzene rings is 3. The van der Waals surface area contributed by atoms with Gasteiger partial charge in [-0.05, 0) is 47.5 Å². The van der Waals surface area contributed by atoms with Gasteiger partial charge in [0.25, 0.3) is 0 Å². The van der Waals surface area contributed by atoms with Crippen molar-refractivity contribution in [2.24, 2.45) is 0 Å². The minimum Gasteiger partial charge on any atom is -0.497 e. The molecule has 0 fully saturated rings. The minimum atomic E-state index is 0.872. The number of nitrogens with zero attached hydrogens (tertiary/aromatic N) is 1. The second kappa shape index (κ2) is 6.35. The molecule has 2 nitrogen and oxygen atoms in total. The molecule has 0 spiro atoms. The summed E-state index contributed by atoms with van der Waals surface area (Å²) >= 11 is 0. The van der Waals surface area contributed by atoms with Crippen molar-refractivity contribution < 1.29 is 4.74 Å². The van der Waals surface area contributed by atoms with Crippen LogP contribution in [0.1, 0.15) is 0 Å². The summed E-state index contributed by atoms with van der Waals surface area (Å²) < 4.78 is 5.20. The van der Waals surface area contributed by atoms with E-state index in [1.807, 2.05) is 18.2 Å². The molecule has 0 atom stereocenters. The van der Waals surface area contributed by atoms with Gasteiger partial charge in [-0.3, -0.25) is 0 Å². The highest BCUT2D eigenvalue weighted by Gasteiger charge is 2.05. The Hall–Kier alpha value is -2.74. The molecule has 3 aromatic carbocycles. The summed E-state index contributed by atoms with van der Waals surface area (Å²) in [4.78, 5) is 2.16. The van der Waals surface area contributed by atoms with E-state index in [1.165, 1.54) is 11.1 Å². The predicted molar refractivity (Wildman–Crippen MR) is 92.9 cm³/mol. The van der Waals surface area contributed by atoms with Gasteiger partial charge in [0.05, 0.1) is 7.11 Å². The van der Waals surface area contributed by atoms with Crippen LogP contribution >= 0.6 is 0 Å². The average Bonchev–Trinajstić information content (AvgIpc) is 2.62. The lowest BCUT2D eigenvalue weighted by Gasteiger charge is -2.20. The molecule has 0 aliphatic heterocycles. The second-order valence-corrected chi connectivity index (χ2v) is 5.17. The van der Waals surface area contributed by atoms with Gasteiger partial charge in [-0.15, -0.1) is 0 Å². The maximum absolute atomic E-state index is 5.20. The quantitative estimate of drug-likeness (QED) is 0.660. The van der Waals surface area contributed by atoms with E-state index in [0.29, 0.717) is 0 Å². The van der Waals surface area contributed by atoms with E-state index >= 15 is 0 Å². The molecular formula is C20H19NO. The zero-order valence-corrected chi connectivity index (χ0v) is 12.9. The van der Waals surface area contributed by atoms with E-state index in [2.05, 4.69) is 72.6 Å². The first-order valence-electron chi connectivity index (χ1n) is 7.31. The lowest BCUT2D eigenvalue weighted by molar-refractivity contribution is 0.415. The highest BCUT2D eigenvalue weighted by molar-refractivity contribution is 5.69. The number of anilines is 2. The summed E-state index contributed by atoms with van der Waals surface area (Å²) in [6.45, 7) is 0. The number of methoxy groups -OCH3 is 1. The van der Waals surface area contributed by atoms with Crippen molar-refractivity contribution in [3.05, 3.63) is 78.9 Å². The van der Waals surface area contributed by atoms with E-state index in [1.54, 1.807) is 7.11 Å². The Bertz CT molecular complexity index is 718. The van der Waals surface area contributed by atoms with E-state index < -0.39 is 0 Å². The summed E-state index contributed by atoms with van der Waals surface area (Å²) in [5.74, 6) is 0.872. The molecule has 0 aliphatic rings.